The molecule has 0 fully saturated rings. The number of H-pyrrole nitrogens is 1. The van der Waals surface area contributed by atoms with Gasteiger partial charge in [-0.2, -0.15) is 0 Å². The van der Waals surface area contributed by atoms with Gasteiger partial charge in [-0.1, -0.05) is 54.6 Å². The number of anilines is 2. The van der Waals surface area contributed by atoms with Crippen molar-refractivity contribution in [2.45, 2.75) is 0 Å². The summed E-state index contributed by atoms with van der Waals surface area (Å²) in [6, 6.07) is 22.3. The second kappa shape index (κ2) is 8.05. The summed E-state index contributed by atoms with van der Waals surface area (Å²) in [4.78, 5) is 41.8. The third-order valence-corrected chi connectivity index (χ3v) is 4.76. The number of aromatic nitrogens is 1. The Labute approximate surface area is 172 Å². The molecule has 148 valence electrons. The normalized spacial score (nSPS) is 10.6. The summed E-state index contributed by atoms with van der Waals surface area (Å²) in [7, 11) is 1.29. The number of benzene rings is 3. The van der Waals surface area contributed by atoms with Gasteiger partial charge in [0.25, 0.3) is 0 Å². The number of carbonyl (C=O) groups is 2. The predicted molar refractivity (Wildman–Crippen MR) is 116 cm³/mol. The molecule has 0 bridgehead atoms. The van der Waals surface area contributed by atoms with Crippen LogP contribution < -0.4 is 10.7 Å². The van der Waals surface area contributed by atoms with Crippen molar-refractivity contribution in [2.75, 3.05) is 12.4 Å². The molecule has 2 N–H and O–H groups in total. The number of fused-ring (bicyclic) bond motifs is 1. The molecular weight excluding hydrogens is 380 g/mol. The number of ketones is 1. The van der Waals surface area contributed by atoms with E-state index in [1.807, 2.05) is 0 Å². The number of aromatic amines is 1. The second-order valence-corrected chi connectivity index (χ2v) is 6.61. The highest BCUT2D eigenvalue weighted by Gasteiger charge is 2.22. The molecule has 6 nitrogen and oxygen atoms in total. The SMILES string of the molecule is COC(=O)c1ccccc1Nc1[nH]c2ccccc2c(=O)c1C(=O)c1ccccc1. The Balaban J connectivity index is 1.93. The standard InChI is InChI=1S/C24H18N2O4/c1-30-24(29)17-12-6-8-14-19(17)26-23-20(21(27)15-9-3-2-4-10-15)22(28)16-11-5-7-13-18(16)25-23/h2-14H,1H3,(H2,25,26,28). The average molecular weight is 398 g/mol. The van der Waals surface area contributed by atoms with Gasteiger partial charge >= 0.3 is 5.97 Å². The zero-order valence-electron chi connectivity index (χ0n) is 16.1. The van der Waals surface area contributed by atoms with Crippen LogP contribution >= 0.6 is 0 Å². The fraction of sp³-hybridized carbons (Fsp3) is 0.0417. The van der Waals surface area contributed by atoms with Gasteiger partial charge in [-0.15, -0.1) is 0 Å². The Morgan fingerprint density at radius 2 is 1.53 bits per heavy atom. The molecule has 0 atom stereocenters. The minimum Gasteiger partial charge on any atom is -0.465 e. The molecular formula is C24H18N2O4. The smallest absolute Gasteiger partial charge is 0.339 e. The van der Waals surface area contributed by atoms with E-state index < -0.39 is 17.2 Å². The molecule has 0 amide bonds. The summed E-state index contributed by atoms with van der Waals surface area (Å²) >= 11 is 0. The van der Waals surface area contributed by atoms with Gasteiger partial charge in [-0.25, -0.2) is 4.79 Å². The van der Waals surface area contributed by atoms with Crippen molar-refractivity contribution < 1.29 is 14.3 Å². The minimum atomic E-state index is -0.530. The number of rotatable bonds is 5. The van der Waals surface area contributed by atoms with Crippen LogP contribution in [-0.4, -0.2) is 23.8 Å². The lowest BCUT2D eigenvalue weighted by Crippen LogP contribution is -2.20. The quantitative estimate of drug-likeness (QED) is 0.387. The van der Waals surface area contributed by atoms with E-state index >= 15 is 0 Å². The summed E-state index contributed by atoms with van der Waals surface area (Å²) in [5.41, 5.74) is 1.24. The molecule has 4 aromatic rings. The molecule has 3 aromatic carbocycles. The molecule has 0 radical (unpaired) electrons. The van der Waals surface area contributed by atoms with Crippen molar-refractivity contribution in [3.8, 4) is 0 Å². The minimum absolute atomic E-state index is 0.0282. The molecule has 0 aliphatic carbocycles. The molecule has 0 aliphatic rings. The van der Waals surface area contributed by atoms with E-state index in [0.29, 0.717) is 22.2 Å². The first-order valence-corrected chi connectivity index (χ1v) is 9.29. The van der Waals surface area contributed by atoms with Gasteiger partial charge in [0.15, 0.2) is 0 Å². The summed E-state index contributed by atoms with van der Waals surface area (Å²) in [6.45, 7) is 0. The number of hydrogen-bond donors (Lipinski definition) is 2. The van der Waals surface area contributed by atoms with E-state index in [9.17, 15) is 14.4 Å². The van der Waals surface area contributed by atoms with Crippen LogP contribution in [0.25, 0.3) is 10.9 Å². The van der Waals surface area contributed by atoms with Crippen LogP contribution in [0.3, 0.4) is 0 Å². The van der Waals surface area contributed by atoms with E-state index in [1.54, 1.807) is 78.9 Å². The number of pyridine rings is 1. The largest absolute Gasteiger partial charge is 0.465 e. The number of hydrogen-bond acceptors (Lipinski definition) is 5. The number of esters is 1. The monoisotopic (exact) mass is 398 g/mol. The molecule has 0 saturated carbocycles. The Morgan fingerprint density at radius 3 is 2.30 bits per heavy atom. The van der Waals surface area contributed by atoms with E-state index in [1.165, 1.54) is 7.11 Å². The van der Waals surface area contributed by atoms with Crippen LogP contribution in [0, 0.1) is 0 Å². The summed E-state index contributed by atoms with van der Waals surface area (Å²) in [5, 5.41) is 3.47. The van der Waals surface area contributed by atoms with Gasteiger partial charge in [-0.3, -0.25) is 9.59 Å². The summed E-state index contributed by atoms with van der Waals surface area (Å²) in [6.07, 6.45) is 0. The lowest BCUT2D eigenvalue weighted by molar-refractivity contribution is 0.0602. The number of ether oxygens (including phenoxy) is 1. The molecule has 4 rings (SSSR count). The first kappa shape index (κ1) is 19.1. The Hall–Kier alpha value is -4.19. The number of para-hydroxylation sites is 2. The van der Waals surface area contributed by atoms with Crippen molar-refractivity contribution in [2.24, 2.45) is 0 Å². The van der Waals surface area contributed by atoms with Crippen LogP contribution in [-0.2, 0) is 4.74 Å². The Bertz CT molecular complexity index is 1310. The van der Waals surface area contributed by atoms with Crippen molar-refractivity contribution in [1.29, 1.82) is 0 Å². The number of methoxy groups -OCH3 is 1. The van der Waals surface area contributed by atoms with Gasteiger partial charge in [0.05, 0.1) is 23.9 Å². The van der Waals surface area contributed by atoms with Crippen molar-refractivity contribution >= 4 is 34.2 Å². The maximum atomic E-state index is 13.3. The maximum Gasteiger partial charge on any atom is 0.339 e. The fourth-order valence-electron chi connectivity index (χ4n) is 3.29. The van der Waals surface area contributed by atoms with Gasteiger partial charge in [0.1, 0.15) is 11.4 Å². The van der Waals surface area contributed by atoms with E-state index in [-0.39, 0.29) is 16.9 Å². The number of nitrogens with one attached hydrogen (secondary N) is 2. The van der Waals surface area contributed by atoms with Crippen LogP contribution in [0.5, 0.6) is 0 Å². The Kier molecular flexibility index (Phi) is 5.13. The fourth-order valence-corrected chi connectivity index (χ4v) is 3.29. The van der Waals surface area contributed by atoms with Gasteiger partial charge in [0.2, 0.25) is 11.2 Å². The van der Waals surface area contributed by atoms with Gasteiger partial charge < -0.3 is 15.0 Å². The van der Waals surface area contributed by atoms with Crippen LogP contribution in [0.15, 0.2) is 83.7 Å². The van der Waals surface area contributed by atoms with Crippen molar-refractivity contribution in [3.63, 3.8) is 0 Å². The average Bonchev–Trinajstić information content (AvgIpc) is 2.79. The lowest BCUT2D eigenvalue weighted by atomic mass is 10.0. The molecule has 0 saturated heterocycles. The van der Waals surface area contributed by atoms with Crippen LogP contribution in [0.1, 0.15) is 26.3 Å². The third kappa shape index (κ3) is 3.46. The van der Waals surface area contributed by atoms with Crippen LogP contribution in [0.4, 0.5) is 11.5 Å². The zero-order valence-corrected chi connectivity index (χ0v) is 16.1. The summed E-state index contributed by atoms with van der Waals surface area (Å²) < 4.78 is 4.84. The summed E-state index contributed by atoms with van der Waals surface area (Å²) in [5.74, 6) is -0.735. The predicted octanol–water partition coefficient (Wildman–Crippen LogP) is 4.29. The molecule has 1 aromatic heterocycles. The highest BCUT2D eigenvalue weighted by Crippen LogP contribution is 2.25. The van der Waals surface area contributed by atoms with E-state index in [0.717, 1.165) is 0 Å². The highest BCUT2D eigenvalue weighted by molar-refractivity contribution is 6.13. The highest BCUT2D eigenvalue weighted by atomic mass is 16.5. The van der Waals surface area contributed by atoms with E-state index in [2.05, 4.69) is 10.3 Å². The van der Waals surface area contributed by atoms with E-state index in [4.69, 9.17) is 4.74 Å². The first-order chi connectivity index (χ1) is 14.6. The van der Waals surface area contributed by atoms with Gasteiger partial charge in [-0.05, 0) is 24.3 Å². The second-order valence-electron chi connectivity index (χ2n) is 6.61. The number of carbonyl (C=O) groups excluding carboxylic acids is 2. The van der Waals surface area contributed by atoms with Crippen molar-refractivity contribution in [3.05, 3.63) is 106 Å². The molecule has 0 spiro atoms. The third-order valence-electron chi connectivity index (χ3n) is 4.76. The lowest BCUT2D eigenvalue weighted by Gasteiger charge is -2.15. The first-order valence-electron chi connectivity index (χ1n) is 9.29. The maximum absolute atomic E-state index is 13.3. The molecule has 0 aliphatic heterocycles. The topological polar surface area (TPSA) is 88.3 Å². The van der Waals surface area contributed by atoms with Gasteiger partial charge in [0, 0.05) is 10.9 Å². The van der Waals surface area contributed by atoms with Crippen molar-refractivity contribution in [1.82, 2.24) is 4.98 Å². The molecule has 0 unspecified atom stereocenters. The molecule has 30 heavy (non-hydrogen) atoms. The molecule has 6 heteroatoms. The molecule has 1 heterocycles. The Morgan fingerprint density at radius 1 is 0.867 bits per heavy atom. The zero-order chi connectivity index (χ0) is 21.1. The van der Waals surface area contributed by atoms with Crippen LogP contribution in [0.2, 0.25) is 0 Å².